The van der Waals surface area contributed by atoms with Gasteiger partial charge in [0.25, 0.3) is 5.78 Å². The summed E-state index contributed by atoms with van der Waals surface area (Å²) in [6.07, 6.45) is 2.24. The number of aromatic nitrogens is 4. The molecule has 0 aliphatic carbocycles. The molecule has 2 aromatic heterocycles. The maximum Gasteiger partial charge on any atom is 0.254 e. The summed E-state index contributed by atoms with van der Waals surface area (Å²) in [6.45, 7) is 5.45. The van der Waals surface area contributed by atoms with Gasteiger partial charge in [-0.25, -0.2) is 13.8 Å². The second-order valence-electron chi connectivity index (χ2n) is 7.12. The summed E-state index contributed by atoms with van der Waals surface area (Å²) in [7, 11) is 1.63. The van der Waals surface area contributed by atoms with Crippen LogP contribution in [0.4, 0.5) is 14.6 Å². The summed E-state index contributed by atoms with van der Waals surface area (Å²) < 4.78 is 34.6. The van der Waals surface area contributed by atoms with Gasteiger partial charge >= 0.3 is 0 Å². The molecule has 1 saturated heterocycles. The molecule has 0 radical (unpaired) electrons. The Morgan fingerprint density at radius 1 is 1.14 bits per heavy atom. The highest BCUT2D eigenvalue weighted by molar-refractivity contribution is 5.47. The topological polar surface area (TPSA) is 58.8 Å². The smallest absolute Gasteiger partial charge is 0.254 e. The molecule has 1 aliphatic heterocycles. The van der Waals surface area contributed by atoms with Crippen molar-refractivity contribution < 1.29 is 13.5 Å². The van der Waals surface area contributed by atoms with E-state index in [-0.39, 0.29) is 6.04 Å². The van der Waals surface area contributed by atoms with Crippen LogP contribution in [0, 0.1) is 11.6 Å². The average Bonchev–Trinajstić information content (AvgIpc) is 3.19. The minimum Gasteiger partial charge on any atom is -0.378 e. The molecule has 1 fully saturated rings. The molecule has 1 atom stereocenters. The summed E-state index contributed by atoms with van der Waals surface area (Å²) in [5.74, 6) is 0.422. The fourth-order valence-corrected chi connectivity index (χ4v) is 4.00. The van der Waals surface area contributed by atoms with Crippen molar-refractivity contribution in [3.05, 3.63) is 53.5 Å². The Kier molecular flexibility index (Phi) is 5.68. The summed E-state index contributed by atoms with van der Waals surface area (Å²) in [6, 6.07) is 5.74. The number of piperazine rings is 1. The Hall–Kier alpha value is -2.65. The van der Waals surface area contributed by atoms with Crippen LogP contribution >= 0.6 is 0 Å². The number of nitrogens with zero attached hydrogens (tertiary/aromatic N) is 6. The fraction of sp³-hybridized carbons (Fsp3) is 0.450. The highest BCUT2D eigenvalue weighted by Crippen LogP contribution is 2.29. The van der Waals surface area contributed by atoms with Crippen molar-refractivity contribution in [1.29, 1.82) is 0 Å². The molecular weight excluding hydrogens is 378 g/mol. The molecule has 29 heavy (non-hydrogen) atoms. The van der Waals surface area contributed by atoms with E-state index < -0.39 is 11.6 Å². The van der Waals surface area contributed by atoms with Crippen LogP contribution in [-0.2, 0) is 11.3 Å². The molecule has 1 aromatic carbocycles. The van der Waals surface area contributed by atoms with Gasteiger partial charge in [-0.3, -0.25) is 4.90 Å². The van der Waals surface area contributed by atoms with Gasteiger partial charge in [-0.2, -0.15) is 14.6 Å². The summed E-state index contributed by atoms with van der Waals surface area (Å²) in [5.41, 5.74) is 1.34. The average molecular weight is 402 g/mol. The van der Waals surface area contributed by atoms with Crippen LogP contribution in [0.1, 0.15) is 30.6 Å². The number of anilines is 1. The lowest BCUT2D eigenvalue weighted by Gasteiger charge is -2.40. The predicted octanol–water partition coefficient (Wildman–Crippen LogP) is 2.82. The lowest BCUT2D eigenvalue weighted by atomic mass is 10.0. The summed E-state index contributed by atoms with van der Waals surface area (Å²) >= 11 is 0. The quantitative estimate of drug-likeness (QED) is 0.632. The monoisotopic (exact) mass is 402 g/mol. The van der Waals surface area contributed by atoms with E-state index >= 15 is 0 Å². The Balaban J connectivity index is 1.53. The van der Waals surface area contributed by atoms with E-state index in [1.54, 1.807) is 17.7 Å². The number of fused-ring (bicyclic) bond motifs is 1. The third-order valence-electron chi connectivity index (χ3n) is 5.37. The van der Waals surface area contributed by atoms with Crippen LogP contribution in [0.15, 0.2) is 30.6 Å². The van der Waals surface area contributed by atoms with Crippen molar-refractivity contribution in [3.63, 3.8) is 0 Å². The van der Waals surface area contributed by atoms with E-state index in [2.05, 4.69) is 24.9 Å². The zero-order valence-electron chi connectivity index (χ0n) is 16.6. The molecule has 0 saturated carbocycles. The van der Waals surface area contributed by atoms with Gasteiger partial charge in [0, 0.05) is 57.0 Å². The number of rotatable bonds is 6. The minimum atomic E-state index is -0.549. The summed E-state index contributed by atoms with van der Waals surface area (Å²) in [4.78, 5) is 13.1. The number of benzene rings is 1. The Labute approximate surface area is 167 Å². The van der Waals surface area contributed by atoms with Gasteiger partial charge in [-0.05, 0) is 12.5 Å². The molecule has 0 bridgehead atoms. The van der Waals surface area contributed by atoms with Crippen LogP contribution in [0.3, 0.4) is 0 Å². The van der Waals surface area contributed by atoms with Crippen LogP contribution in [0.25, 0.3) is 5.78 Å². The highest BCUT2D eigenvalue weighted by Gasteiger charge is 2.27. The number of hydrogen-bond donors (Lipinski definition) is 0. The van der Waals surface area contributed by atoms with Crippen molar-refractivity contribution in [2.75, 3.05) is 38.2 Å². The molecule has 154 valence electrons. The van der Waals surface area contributed by atoms with Gasteiger partial charge in [0.2, 0.25) is 0 Å². The maximum absolute atomic E-state index is 14.3. The fourth-order valence-electron chi connectivity index (χ4n) is 4.00. The van der Waals surface area contributed by atoms with Crippen molar-refractivity contribution >= 4 is 11.6 Å². The van der Waals surface area contributed by atoms with Gasteiger partial charge in [-0.1, -0.05) is 13.0 Å². The van der Waals surface area contributed by atoms with Crippen LogP contribution in [0.5, 0.6) is 0 Å². The molecule has 0 amide bonds. The second-order valence-corrected chi connectivity index (χ2v) is 7.12. The van der Waals surface area contributed by atoms with E-state index in [4.69, 9.17) is 4.74 Å². The van der Waals surface area contributed by atoms with E-state index in [0.29, 0.717) is 17.9 Å². The van der Waals surface area contributed by atoms with E-state index in [1.807, 2.05) is 13.0 Å². The number of ether oxygens (including phenoxy) is 1. The van der Waals surface area contributed by atoms with E-state index in [0.717, 1.165) is 50.2 Å². The van der Waals surface area contributed by atoms with E-state index in [9.17, 15) is 8.78 Å². The van der Waals surface area contributed by atoms with Gasteiger partial charge in [0.1, 0.15) is 23.8 Å². The highest BCUT2D eigenvalue weighted by atomic mass is 19.1. The SMILES string of the molecule is CCC(c1ccc(F)cc1F)N1CCN(c2cc(COC)nc3ncnn23)CC1. The zero-order valence-corrected chi connectivity index (χ0v) is 16.6. The molecule has 1 unspecified atom stereocenters. The Morgan fingerprint density at radius 2 is 1.93 bits per heavy atom. The number of halogens is 2. The maximum atomic E-state index is 14.3. The molecule has 3 heterocycles. The molecule has 7 nitrogen and oxygen atoms in total. The van der Waals surface area contributed by atoms with Crippen molar-refractivity contribution in [2.45, 2.75) is 26.0 Å². The number of hydrogen-bond acceptors (Lipinski definition) is 6. The first-order chi connectivity index (χ1) is 14.1. The molecule has 1 aliphatic rings. The first-order valence-corrected chi connectivity index (χ1v) is 9.73. The molecule has 9 heteroatoms. The van der Waals surface area contributed by atoms with Crippen LogP contribution in [-0.4, -0.2) is 57.8 Å². The first-order valence-electron chi connectivity index (χ1n) is 9.73. The molecule has 0 N–H and O–H groups in total. The second kappa shape index (κ2) is 8.38. The molecule has 4 rings (SSSR count). The molecule has 3 aromatic rings. The van der Waals surface area contributed by atoms with Gasteiger partial charge in [0.15, 0.2) is 0 Å². The standard InChI is InChI=1S/C20H24F2N6O/c1-3-18(16-5-4-14(21)10-17(16)22)26-6-8-27(9-7-26)19-11-15(12-29-2)25-20-23-13-24-28(19)20/h4-5,10-11,13,18H,3,6-9,12H2,1-2H3. The van der Waals surface area contributed by atoms with Crippen LogP contribution in [0.2, 0.25) is 0 Å². The Morgan fingerprint density at radius 3 is 2.62 bits per heavy atom. The molecule has 0 spiro atoms. The predicted molar refractivity (Wildman–Crippen MR) is 105 cm³/mol. The Bertz CT molecular complexity index is 986. The third-order valence-corrected chi connectivity index (χ3v) is 5.37. The zero-order chi connectivity index (χ0) is 20.4. The van der Waals surface area contributed by atoms with Crippen molar-refractivity contribution in [1.82, 2.24) is 24.5 Å². The van der Waals surface area contributed by atoms with Gasteiger partial charge < -0.3 is 9.64 Å². The first kappa shape index (κ1) is 19.7. The molecular formula is C20H24F2N6O. The van der Waals surface area contributed by atoms with Crippen LogP contribution < -0.4 is 4.90 Å². The third kappa shape index (κ3) is 3.92. The van der Waals surface area contributed by atoms with Crippen molar-refractivity contribution in [3.8, 4) is 0 Å². The number of methoxy groups -OCH3 is 1. The summed E-state index contributed by atoms with van der Waals surface area (Å²) in [5, 5.41) is 4.29. The lowest BCUT2D eigenvalue weighted by molar-refractivity contribution is 0.176. The largest absolute Gasteiger partial charge is 0.378 e. The minimum absolute atomic E-state index is 0.0781. The van der Waals surface area contributed by atoms with Crippen molar-refractivity contribution in [2.24, 2.45) is 0 Å². The lowest BCUT2D eigenvalue weighted by Crippen LogP contribution is -2.48. The van der Waals surface area contributed by atoms with Gasteiger partial charge in [0.05, 0.1) is 12.3 Å². The van der Waals surface area contributed by atoms with E-state index in [1.165, 1.54) is 12.4 Å². The normalized spacial score (nSPS) is 16.5. The van der Waals surface area contributed by atoms with Gasteiger partial charge in [-0.15, -0.1) is 0 Å².